The summed E-state index contributed by atoms with van der Waals surface area (Å²) < 4.78 is 27.3. The van der Waals surface area contributed by atoms with E-state index in [1.54, 1.807) is 19.2 Å². The van der Waals surface area contributed by atoms with Crippen molar-refractivity contribution in [2.24, 2.45) is 0 Å². The predicted molar refractivity (Wildman–Crippen MR) is 102 cm³/mol. The van der Waals surface area contributed by atoms with E-state index in [0.717, 1.165) is 44.5 Å². The lowest BCUT2D eigenvalue weighted by Gasteiger charge is -2.17. The number of halogens is 1. The molecule has 1 aliphatic carbocycles. The van der Waals surface area contributed by atoms with Crippen LogP contribution in [0, 0.1) is 5.82 Å². The summed E-state index contributed by atoms with van der Waals surface area (Å²) in [6.45, 7) is 0. The Morgan fingerprint density at radius 2 is 1.73 bits per heavy atom. The number of rotatable bonds is 2. The van der Waals surface area contributed by atoms with E-state index in [9.17, 15) is 4.39 Å². The van der Waals surface area contributed by atoms with Gasteiger partial charge in [0.1, 0.15) is 37.0 Å². The van der Waals surface area contributed by atoms with Gasteiger partial charge in [-0.25, -0.2) is 8.97 Å². The maximum absolute atomic E-state index is 13.5. The standard InChI is InChI=1S/C22H19FNO2/c1-24(2)16-11-12-17-20(13-16)26-19-6-4-5-18(25-3)22(19)21(17)14-7-9-15(23)10-8-14/h4-13H,1-3H3/q+1. The smallest absolute Gasteiger partial charge is 0.203 e. The number of methoxy groups -OCH3 is 1. The van der Waals surface area contributed by atoms with Gasteiger partial charge in [0, 0.05) is 17.2 Å². The first-order valence-electron chi connectivity index (χ1n) is 8.38. The maximum atomic E-state index is 13.5. The fourth-order valence-corrected chi connectivity index (χ4v) is 3.26. The van der Waals surface area contributed by atoms with Crippen LogP contribution in [-0.2, 0) is 0 Å². The second kappa shape index (κ2) is 6.30. The molecule has 130 valence electrons. The maximum Gasteiger partial charge on any atom is 0.203 e. The molecule has 2 aromatic rings. The van der Waals surface area contributed by atoms with E-state index in [2.05, 4.69) is 0 Å². The summed E-state index contributed by atoms with van der Waals surface area (Å²) in [5.74, 6) is 1.24. The zero-order valence-corrected chi connectivity index (χ0v) is 14.9. The lowest BCUT2D eigenvalue weighted by atomic mass is 9.93. The summed E-state index contributed by atoms with van der Waals surface area (Å²) in [7, 11) is 5.63. The number of hydrogen-bond acceptors (Lipinski definition) is 2. The molecule has 0 unspecified atom stereocenters. The van der Waals surface area contributed by atoms with Gasteiger partial charge < -0.3 is 9.15 Å². The van der Waals surface area contributed by atoms with Crippen LogP contribution in [0.5, 0.6) is 5.75 Å². The average Bonchev–Trinajstić information content (AvgIpc) is 2.66. The predicted octanol–water partition coefficient (Wildman–Crippen LogP) is 4.38. The minimum Gasteiger partial charge on any atom is -0.496 e. The molecule has 0 radical (unpaired) electrons. The van der Waals surface area contributed by atoms with Crippen LogP contribution in [0.4, 0.5) is 4.39 Å². The van der Waals surface area contributed by atoms with Crippen LogP contribution in [0.3, 0.4) is 0 Å². The Labute approximate surface area is 150 Å². The van der Waals surface area contributed by atoms with Crippen molar-refractivity contribution >= 4 is 11.0 Å². The van der Waals surface area contributed by atoms with Crippen molar-refractivity contribution in [3.05, 3.63) is 71.8 Å². The van der Waals surface area contributed by atoms with Crippen LogP contribution in [0.15, 0.2) is 65.1 Å². The highest BCUT2D eigenvalue weighted by atomic mass is 19.1. The fraction of sp³-hybridized carbons (Fsp3) is 0.136. The Kier molecular flexibility index (Phi) is 3.96. The molecule has 0 bridgehead atoms. The Morgan fingerprint density at radius 1 is 0.962 bits per heavy atom. The number of nitrogens with zero attached hydrogens (tertiary/aromatic N) is 1. The van der Waals surface area contributed by atoms with Gasteiger partial charge in [-0.3, -0.25) is 0 Å². The fourth-order valence-electron chi connectivity index (χ4n) is 3.26. The van der Waals surface area contributed by atoms with Crippen LogP contribution in [0.2, 0.25) is 0 Å². The first-order chi connectivity index (χ1) is 12.6. The molecule has 2 aromatic carbocycles. The van der Waals surface area contributed by atoms with Gasteiger partial charge in [-0.2, -0.15) is 0 Å². The molecule has 0 N–H and O–H groups in total. The third-order valence-electron chi connectivity index (χ3n) is 4.56. The Morgan fingerprint density at radius 3 is 2.42 bits per heavy atom. The Balaban J connectivity index is 2.20. The molecule has 2 aliphatic rings. The second-order valence-corrected chi connectivity index (χ2v) is 6.39. The van der Waals surface area contributed by atoms with Crippen molar-refractivity contribution in [2.75, 3.05) is 21.2 Å². The Hall–Kier alpha value is -3.14. The van der Waals surface area contributed by atoms with Crippen molar-refractivity contribution in [3.8, 4) is 28.2 Å². The van der Waals surface area contributed by atoms with E-state index in [-0.39, 0.29) is 5.82 Å². The van der Waals surface area contributed by atoms with Crippen LogP contribution < -0.4 is 14.7 Å². The van der Waals surface area contributed by atoms with Gasteiger partial charge in [0.25, 0.3) is 0 Å². The van der Waals surface area contributed by atoms with Crippen molar-refractivity contribution in [1.82, 2.24) is 4.58 Å². The van der Waals surface area contributed by atoms with Crippen LogP contribution in [-0.4, -0.2) is 21.2 Å². The number of ether oxygens (including phenoxy) is 1. The van der Waals surface area contributed by atoms with Gasteiger partial charge in [0.2, 0.25) is 5.36 Å². The van der Waals surface area contributed by atoms with E-state index in [1.807, 2.05) is 55.1 Å². The van der Waals surface area contributed by atoms with E-state index in [1.165, 1.54) is 12.1 Å². The van der Waals surface area contributed by atoms with Gasteiger partial charge >= 0.3 is 0 Å². The number of fused-ring (bicyclic) bond motifs is 2. The molecular formula is C22H19FNO2+. The van der Waals surface area contributed by atoms with Crippen LogP contribution >= 0.6 is 0 Å². The van der Waals surface area contributed by atoms with Gasteiger partial charge in [0.05, 0.1) is 18.6 Å². The summed E-state index contributed by atoms with van der Waals surface area (Å²) >= 11 is 0. The summed E-state index contributed by atoms with van der Waals surface area (Å²) in [5.41, 5.74) is 3.58. The third kappa shape index (κ3) is 2.64. The molecule has 3 nitrogen and oxygen atoms in total. The minimum absolute atomic E-state index is 0.259. The summed E-state index contributed by atoms with van der Waals surface area (Å²) in [6, 6.07) is 18.4. The molecule has 0 spiro atoms. The Bertz CT molecular complexity index is 1140. The van der Waals surface area contributed by atoms with E-state index in [4.69, 9.17) is 9.15 Å². The van der Waals surface area contributed by atoms with E-state index >= 15 is 0 Å². The molecule has 4 rings (SSSR count). The van der Waals surface area contributed by atoms with Crippen molar-refractivity contribution in [2.45, 2.75) is 0 Å². The summed E-state index contributed by atoms with van der Waals surface area (Å²) in [4.78, 5) is 0. The largest absolute Gasteiger partial charge is 0.496 e. The van der Waals surface area contributed by atoms with Gasteiger partial charge in [-0.15, -0.1) is 0 Å². The van der Waals surface area contributed by atoms with Crippen molar-refractivity contribution in [3.63, 3.8) is 0 Å². The first-order valence-corrected chi connectivity index (χ1v) is 8.38. The van der Waals surface area contributed by atoms with Crippen molar-refractivity contribution < 1.29 is 13.5 Å². The van der Waals surface area contributed by atoms with E-state index in [0.29, 0.717) is 0 Å². The molecular weight excluding hydrogens is 329 g/mol. The normalized spacial score (nSPS) is 11.1. The molecule has 0 saturated carbocycles. The summed E-state index contributed by atoms with van der Waals surface area (Å²) in [5, 5.41) is 1.93. The topological polar surface area (TPSA) is 25.4 Å². The van der Waals surface area contributed by atoms with Crippen LogP contribution in [0.1, 0.15) is 0 Å². The molecule has 0 saturated heterocycles. The van der Waals surface area contributed by atoms with Crippen LogP contribution in [0.25, 0.3) is 33.4 Å². The zero-order valence-electron chi connectivity index (χ0n) is 14.9. The molecule has 0 amide bonds. The molecule has 26 heavy (non-hydrogen) atoms. The second-order valence-electron chi connectivity index (χ2n) is 6.39. The number of hydrogen-bond donors (Lipinski definition) is 0. The highest BCUT2D eigenvalue weighted by Crippen LogP contribution is 2.43. The molecule has 0 fully saturated rings. The lowest BCUT2D eigenvalue weighted by Crippen LogP contribution is -2.21. The molecule has 0 aromatic heterocycles. The summed E-state index contributed by atoms with van der Waals surface area (Å²) in [6.07, 6.45) is 0. The van der Waals surface area contributed by atoms with Gasteiger partial charge in [0.15, 0.2) is 0 Å². The van der Waals surface area contributed by atoms with E-state index < -0.39 is 0 Å². The molecule has 1 aliphatic heterocycles. The van der Waals surface area contributed by atoms with Crippen molar-refractivity contribution in [1.29, 1.82) is 0 Å². The number of benzene rings is 3. The first kappa shape index (κ1) is 16.3. The minimum atomic E-state index is -0.259. The van der Waals surface area contributed by atoms with Gasteiger partial charge in [-0.05, 0) is 35.9 Å². The quantitative estimate of drug-likeness (QED) is 0.397. The van der Waals surface area contributed by atoms with Gasteiger partial charge in [-0.1, -0.05) is 18.2 Å². The molecule has 1 heterocycles. The molecule has 0 atom stereocenters. The monoisotopic (exact) mass is 348 g/mol. The highest BCUT2D eigenvalue weighted by Gasteiger charge is 2.20. The lowest BCUT2D eigenvalue weighted by molar-refractivity contribution is 0.419. The third-order valence-corrected chi connectivity index (χ3v) is 4.56. The average molecular weight is 348 g/mol. The zero-order chi connectivity index (χ0) is 18.3. The SMILES string of the molecule is COc1cccc2oc3cc(=[N+](C)C)ccc-3c(-c3ccc(F)cc3)c12. The highest BCUT2D eigenvalue weighted by molar-refractivity contribution is 6.04. The molecule has 4 heteroatoms.